The van der Waals surface area contributed by atoms with E-state index in [-0.39, 0.29) is 0 Å². The Labute approximate surface area is 176 Å². The molecule has 0 fully saturated rings. The predicted molar refractivity (Wildman–Crippen MR) is 120 cm³/mol. The van der Waals surface area contributed by atoms with E-state index in [1.165, 1.54) is 0 Å². The molecule has 0 saturated carbocycles. The lowest BCUT2D eigenvalue weighted by molar-refractivity contribution is 0.412. The highest BCUT2D eigenvalue weighted by Crippen LogP contribution is 2.19. The SMILES string of the molecule is CN(C)CCNC(=NC#N)NCCSSCCNC(=NC#N)NCCN(C)C. The number of rotatable bonds is 13. The third-order valence-electron chi connectivity index (χ3n) is 3.07. The quantitative estimate of drug-likeness (QED) is 0.100. The molecule has 0 aliphatic carbocycles. The molecule has 0 aromatic carbocycles. The van der Waals surface area contributed by atoms with Gasteiger partial charge in [-0.1, -0.05) is 21.6 Å². The van der Waals surface area contributed by atoms with Crippen molar-refractivity contribution < 1.29 is 0 Å². The normalized spacial score (nSPS) is 11.9. The number of nitriles is 2. The molecule has 0 aliphatic heterocycles. The van der Waals surface area contributed by atoms with Crippen molar-refractivity contribution in [2.45, 2.75) is 0 Å². The molecule has 0 rings (SSSR count). The Morgan fingerprint density at radius 3 is 1.39 bits per heavy atom. The molecular formula is C16H32N10S2. The van der Waals surface area contributed by atoms with Crippen molar-refractivity contribution in [2.75, 3.05) is 79.0 Å². The minimum Gasteiger partial charge on any atom is -0.355 e. The monoisotopic (exact) mass is 428 g/mol. The van der Waals surface area contributed by atoms with Crippen molar-refractivity contribution in [2.24, 2.45) is 9.98 Å². The maximum absolute atomic E-state index is 8.73. The van der Waals surface area contributed by atoms with Crippen LogP contribution in [-0.4, -0.2) is 101 Å². The average molecular weight is 429 g/mol. The van der Waals surface area contributed by atoms with Crippen molar-refractivity contribution in [3.05, 3.63) is 0 Å². The van der Waals surface area contributed by atoms with Crippen LogP contribution in [0.3, 0.4) is 0 Å². The Hall–Kier alpha value is -1.86. The molecule has 10 nitrogen and oxygen atoms in total. The smallest absolute Gasteiger partial charge is 0.209 e. The molecule has 0 radical (unpaired) electrons. The molecule has 0 aliphatic rings. The fourth-order valence-corrected chi connectivity index (χ4v) is 3.53. The predicted octanol–water partition coefficient (Wildman–Crippen LogP) is -0.476. The summed E-state index contributed by atoms with van der Waals surface area (Å²) in [7, 11) is 11.5. The Bertz CT molecular complexity index is 489. The topological polar surface area (TPSA) is 127 Å². The zero-order valence-electron chi connectivity index (χ0n) is 17.2. The van der Waals surface area contributed by atoms with Crippen LogP contribution in [0.2, 0.25) is 0 Å². The minimum atomic E-state index is 0.512. The molecule has 28 heavy (non-hydrogen) atoms. The van der Waals surface area contributed by atoms with Gasteiger partial charge in [0.05, 0.1) is 0 Å². The van der Waals surface area contributed by atoms with E-state index in [1.807, 2.05) is 28.2 Å². The minimum absolute atomic E-state index is 0.512. The van der Waals surface area contributed by atoms with Crippen molar-refractivity contribution in [1.82, 2.24) is 31.1 Å². The third kappa shape index (κ3) is 17.5. The number of likely N-dealkylation sites (N-methyl/N-ethyl adjacent to an activating group) is 2. The van der Waals surface area contributed by atoms with Crippen molar-refractivity contribution in [3.8, 4) is 12.4 Å². The van der Waals surface area contributed by atoms with Gasteiger partial charge in [-0.25, -0.2) is 0 Å². The Morgan fingerprint density at radius 1 is 0.714 bits per heavy atom. The van der Waals surface area contributed by atoms with E-state index in [1.54, 1.807) is 34.0 Å². The third-order valence-corrected chi connectivity index (χ3v) is 5.47. The Kier molecular flexibility index (Phi) is 17.3. The molecule has 0 unspecified atom stereocenters. The number of nitrogens with zero attached hydrogens (tertiary/aromatic N) is 6. The van der Waals surface area contributed by atoms with Crippen LogP contribution >= 0.6 is 21.6 Å². The van der Waals surface area contributed by atoms with Crippen LogP contribution in [0.1, 0.15) is 0 Å². The standard InChI is InChI=1S/C16H32N10S2/c1-25(2)9-5-19-15(23-13-17)21-7-11-27-28-12-8-22-16(24-14-18)20-6-10-26(3)4/h5-12H2,1-4H3,(H2,19,21,23)(H2,20,22,24). The number of nitrogens with one attached hydrogen (secondary N) is 4. The molecule has 0 amide bonds. The summed E-state index contributed by atoms with van der Waals surface area (Å²) in [5, 5.41) is 29.9. The zero-order valence-corrected chi connectivity index (χ0v) is 18.8. The fourth-order valence-electron chi connectivity index (χ4n) is 1.72. The molecule has 158 valence electrons. The van der Waals surface area contributed by atoms with Gasteiger partial charge in [-0.15, -0.1) is 9.98 Å². The summed E-state index contributed by atoms with van der Waals surface area (Å²) in [6.07, 6.45) is 3.61. The average Bonchev–Trinajstić information content (AvgIpc) is 2.63. The van der Waals surface area contributed by atoms with Crippen molar-refractivity contribution >= 4 is 33.5 Å². The lowest BCUT2D eigenvalue weighted by atomic mass is 10.5. The fraction of sp³-hybridized carbons (Fsp3) is 0.750. The number of guanidine groups is 2. The molecule has 0 spiro atoms. The van der Waals surface area contributed by atoms with Gasteiger partial charge >= 0.3 is 0 Å². The van der Waals surface area contributed by atoms with Gasteiger partial charge in [0.25, 0.3) is 0 Å². The zero-order chi connectivity index (χ0) is 21.0. The largest absolute Gasteiger partial charge is 0.355 e. The van der Waals surface area contributed by atoms with Crippen LogP contribution in [0, 0.1) is 22.9 Å². The van der Waals surface area contributed by atoms with Gasteiger partial charge < -0.3 is 31.1 Å². The van der Waals surface area contributed by atoms with Crippen LogP contribution in [0.25, 0.3) is 0 Å². The number of hydrogen-bond donors (Lipinski definition) is 4. The Balaban J connectivity index is 3.80. The molecule has 0 atom stereocenters. The van der Waals surface area contributed by atoms with Gasteiger partial charge in [0.1, 0.15) is 0 Å². The highest BCUT2D eigenvalue weighted by molar-refractivity contribution is 8.76. The van der Waals surface area contributed by atoms with Gasteiger partial charge in [0.15, 0.2) is 0 Å². The lowest BCUT2D eigenvalue weighted by Crippen LogP contribution is -2.41. The lowest BCUT2D eigenvalue weighted by Gasteiger charge is -2.14. The molecule has 12 heteroatoms. The summed E-state index contributed by atoms with van der Waals surface area (Å²) in [6.45, 7) is 4.61. The van der Waals surface area contributed by atoms with Gasteiger partial charge in [-0.3, -0.25) is 0 Å². The summed E-state index contributed by atoms with van der Waals surface area (Å²) in [5.74, 6) is 2.78. The molecule has 0 saturated heterocycles. The highest BCUT2D eigenvalue weighted by Gasteiger charge is 2.00. The Morgan fingerprint density at radius 2 is 1.07 bits per heavy atom. The van der Waals surface area contributed by atoms with Gasteiger partial charge in [0.2, 0.25) is 24.3 Å². The highest BCUT2D eigenvalue weighted by atomic mass is 33.1. The summed E-state index contributed by atoms with van der Waals surface area (Å²) in [6, 6.07) is 0. The maximum atomic E-state index is 8.73. The molecular weight excluding hydrogens is 396 g/mol. The molecule has 0 aromatic rings. The molecule has 0 bridgehead atoms. The van der Waals surface area contributed by atoms with E-state index in [0.717, 1.165) is 37.7 Å². The van der Waals surface area contributed by atoms with E-state index >= 15 is 0 Å². The first kappa shape index (κ1) is 26.1. The second-order valence-electron chi connectivity index (χ2n) is 6.08. The molecule has 4 N–H and O–H groups in total. The van der Waals surface area contributed by atoms with Crippen molar-refractivity contribution in [3.63, 3.8) is 0 Å². The molecule has 0 heterocycles. The second-order valence-corrected chi connectivity index (χ2v) is 8.78. The first-order valence-corrected chi connectivity index (χ1v) is 11.4. The molecule has 0 aromatic heterocycles. The van der Waals surface area contributed by atoms with Gasteiger partial charge in [0, 0.05) is 50.8 Å². The summed E-state index contributed by atoms with van der Waals surface area (Å²) < 4.78 is 0. The van der Waals surface area contributed by atoms with Crippen LogP contribution in [-0.2, 0) is 0 Å². The number of hydrogen-bond acceptors (Lipinski definition) is 8. The van der Waals surface area contributed by atoms with Crippen LogP contribution < -0.4 is 21.3 Å². The summed E-state index contributed by atoms with van der Waals surface area (Å²) in [5.41, 5.74) is 0. The first-order valence-electron chi connectivity index (χ1n) is 8.92. The number of aliphatic imine (C=N–C) groups is 2. The van der Waals surface area contributed by atoms with E-state index in [9.17, 15) is 0 Å². The summed E-state index contributed by atoms with van der Waals surface area (Å²) >= 11 is 0. The first-order chi connectivity index (χ1) is 13.5. The van der Waals surface area contributed by atoms with Crippen LogP contribution in [0.4, 0.5) is 0 Å². The maximum Gasteiger partial charge on any atom is 0.209 e. The van der Waals surface area contributed by atoms with E-state index in [0.29, 0.717) is 25.0 Å². The van der Waals surface area contributed by atoms with E-state index < -0.39 is 0 Å². The van der Waals surface area contributed by atoms with Gasteiger partial charge in [-0.2, -0.15) is 10.5 Å². The van der Waals surface area contributed by atoms with Crippen LogP contribution in [0.15, 0.2) is 9.98 Å². The van der Waals surface area contributed by atoms with Crippen molar-refractivity contribution in [1.29, 1.82) is 10.5 Å². The van der Waals surface area contributed by atoms with Gasteiger partial charge in [-0.05, 0) is 28.2 Å². The summed E-state index contributed by atoms with van der Waals surface area (Å²) in [4.78, 5) is 11.6. The van der Waals surface area contributed by atoms with E-state index in [4.69, 9.17) is 10.5 Å². The second kappa shape index (κ2) is 18.5. The van der Waals surface area contributed by atoms with E-state index in [2.05, 4.69) is 41.1 Å². The van der Waals surface area contributed by atoms with Crippen LogP contribution in [0.5, 0.6) is 0 Å².